The van der Waals surface area contributed by atoms with Crippen LogP contribution < -0.4 is 5.32 Å². The predicted octanol–water partition coefficient (Wildman–Crippen LogP) is 3.18. The molecule has 0 aliphatic heterocycles. The molecule has 0 aromatic carbocycles. The topological polar surface area (TPSA) is 29.9 Å². The summed E-state index contributed by atoms with van der Waals surface area (Å²) in [5, 5.41) is 7.74. The molecule has 0 radical (unpaired) electrons. The number of aromatic nitrogens is 2. The number of nitrogens with zero attached hydrogens (tertiary/aromatic N) is 2. The van der Waals surface area contributed by atoms with Gasteiger partial charge in [-0.15, -0.1) is 0 Å². The summed E-state index contributed by atoms with van der Waals surface area (Å²) >= 11 is 0. The lowest BCUT2D eigenvalue weighted by Gasteiger charge is -2.04. The van der Waals surface area contributed by atoms with Crippen LogP contribution in [0.25, 0.3) is 0 Å². The monoisotopic (exact) mass is 237 g/mol. The third-order valence-electron chi connectivity index (χ3n) is 3.36. The molecule has 1 N–H and O–H groups in total. The summed E-state index contributed by atoms with van der Waals surface area (Å²) in [4.78, 5) is 0. The summed E-state index contributed by atoms with van der Waals surface area (Å²) in [6.45, 7) is 6.46. The van der Waals surface area contributed by atoms with Crippen LogP contribution in [0.5, 0.6) is 0 Å². The molecule has 1 aromatic heterocycles. The molecule has 0 aliphatic carbocycles. The van der Waals surface area contributed by atoms with Gasteiger partial charge in [0, 0.05) is 24.8 Å². The van der Waals surface area contributed by atoms with E-state index in [1.165, 1.54) is 49.8 Å². The second kappa shape index (κ2) is 8.29. The quantitative estimate of drug-likeness (QED) is 0.669. The Morgan fingerprint density at radius 3 is 2.53 bits per heavy atom. The highest BCUT2D eigenvalue weighted by Crippen LogP contribution is 2.06. The lowest BCUT2D eigenvalue weighted by molar-refractivity contribution is 0.571. The zero-order valence-corrected chi connectivity index (χ0v) is 11.6. The number of nitrogens with one attached hydrogen (secondary N) is 1. The van der Waals surface area contributed by atoms with Crippen LogP contribution in [-0.4, -0.2) is 16.3 Å². The van der Waals surface area contributed by atoms with Gasteiger partial charge in [0.25, 0.3) is 0 Å². The lowest BCUT2D eigenvalue weighted by atomic mass is 10.1. The van der Waals surface area contributed by atoms with Gasteiger partial charge in [-0.05, 0) is 19.9 Å². The van der Waals surface area contributed by atoms with Crippen molar-refractivity contribution in [3.8, 4) is 0 Å². The Hall–Kier alpha value is -0.830. The number of unbranched alkanes of at least 4 members (excludes halogenated alkanes) is 5. The van der Waals surface area contributed by atoms with E-state index in [1.807, 2.05) is 17.9 Å². The first-order valence-electron chi connectivity index (χ1n) is 6.94. The molecule has 98 valence electrons. The van der Waals surface area contributed by atoms with Crippen molar-refractivity contribution >= 4 is 0 Å². The first-order chi connectivity index (χ1) is 8.25. The minimum Gasteiger partial charge on any atom is -0.313 e. The van der Waals surface area contributed by atoms with Crippen LogP contribution in [0.3, 0.4) is 0 Å². The maximum absolute atomic E-state index is 4.24. The zero-order valence-electron chi connectivity index (χ0n) is 11.6. The van der Waals surface area contributed by atoms with Crippen LogP contribution in [0.15, 0.2) is 6.20 Å². The van der Waals surface area contributed by atoms with Crippen LogP contribution in [0.4, 0.5) is 0 Å². The molecule has 0 unspecified atom stereocenters. The minimum absolute atomic E-state index is 0.953. The Morgan fingerprint density at radius 2 is 1.88 bits per heavy atom. The summed E-state index contributed by atoms with van der Waals surface area (Å²) in [6, 6.07) is 0. The summed E-state index contributed by atoms with van der Waals surface area (Å²) in [7, 11) is 1.99. The Kier molecular flexibility index (Phi) is 6.94. The molecular formula is C14H27N3. The second-order valence-electron chi connectivity index (χ2n) is 4.82. The molecule has 0 spiro atoms. The molecule has 3 heteroatoms. The molecule has 0 saturated carbocycles. The smallest absolute Gasteiger partial charge is 0.0537 e. The van der Waals surface area contributed by atoms with E-state index < -0.39 is 0 Å². The first kappa shape index (κ1) is 14.2. The highest BCUT2D eigenvalue weighted by atomic mass is 15.3. The van der Waals surface area contributed by atoms with Crippen LogP contribution in [0.1, 0.15) is 56.7 Å². The van der Waals surface area contributed by atoms with Gasteiger partial charge in [0.2, 0.25) is 0 Å². The molecular weight excluding hydrogens is 210 g/mol. The molecule has 17 heavy (non-hydrogen) atoms. The number of hydrogen-bond donors (Lipinski definition) is 1. The highest BCUT2D eigenvalue weighted by Gasteiger charge is 2.01. The third kappa shape index (κ3) is 5.35. The largest absolute Gasteiger partial charge is 0.313 e. The van der Waals surface area contributed by atoms with Gasteiger partial charge in [0.05, 0.1) is 6.20 Å². The Labute approximate surface area is 106 Å². The second-order valence-corrected chi connectivity index (χ2v) is 4.82. The molecule has 1 aromatic rings. The van der Waals surface area contributed by atoms with Gasteiger partial charge in [-0.2, -0.15) is 5.10 Å². The highest BCUT2D eigenvalue weighted by molar-refractivity contribution is 5.15. The third-order valence-corrected chi connectivity index (χ3v) is 3.36. The van der Waals surface area contributed by atoms with Gasteiger partial charge in [-0.25, -0.2) is 0 Å². The van der Waals surface area contributed by atoms with E-state index in [1.54, 1.807) is 0 Å². The van der Waals surface area contributed by atoms with E-state index in [4.69, 9.17) is 0 Å². The summed E-state index contributed by atoms with van der Waals surface area (Å²) < 4.78 is 1.93. The van der Waals surface area contributed by atoms with Gasteiger partial charge in [0.1, 0.15) is 0 Å². The van der Waals surface area contributed by atoms with Gasteiger partial charge < -0.3 is 5.32 Å². The molecule has 1 rings (SSSR count). The van der Waals surface area contributed by atoms with Crippen molar-refractivity contribution in [2.45, 2.75) is 58.9 Å². The first-order valence-corrected chi connectivity index (χ1v) is 6.94. The van der Waals surface area contributed by atoms with Crippen molar-refractivity contribution in [3.05, 3.63) is 17.5 Å². The molecule has 3 nitrogen and oxygen atoms in total. The Balaban J connectivity index is 1.99. The van der Waals surface area contributed by atoms with E-state index >= 15 is 0 Å². The summed E-state index contributed by atoms with van der Waals surface area (Å²) in [5.41, 5.74) is 2.58. The average molecular weight is 237 g/mol. The van der Waals surface area contributed by atoms with E-state index in [0.717, 1.165) is 13.1 Å². The fraction of sp³-hybridized carbons (Fsp3) is 0.786. The van der Waals surface area contributed by atoms with Gasteiger partial charge in [0.15, 0.2) is 0 Å². The Morgan fingerprint density at radius 1 is 1.18 bits per heavy atom. The maximum atomic E-state index is 4.24. The van der Waals surface area contributed by atoms with Crippen LogP contribution in [0.2, 0.25) is 0 Å². The van der Waals surface area contributed by atoms with E-state index in [0.29, 0.717) is 0 Å². The van der Waals surface area contributed by atoms with Crippen molar-refractivity contribution in [1.29, 1.82) is 0 Å². The van der Waals surface area contributed by atoms with Crippen molar-refractivity contribution in [2.24, 2.45) is 7.05 Å². The molecule has 0 atom stereocenters. The van der Waals surface area contributed by atoms with Crippen molar-refractivity contribution in [3.63, 3.8) is 0 Å². The average Bonchev–Trinajstić information content (AvgIpc) is 2.64. The summed E-state index contributed by atoms with van der Waals surface area (Å²) in [5.74, 6) is 0. The van der Waals surface area contributed by atoms with Crippen molar-refractivity contribution < 1.29 is 0 Å². The lowest BCUT2D eigenvalue weighted by Crippen LogP contribution is -2.15. The van der Waals surface area contributed by atoms with E-state index in [2.05, 4.69) is 24.3 Å². The molecule has 1 heterocycles. The predicted molar refractivity (Wildman–Crippen MR) is 73.0 cm³/mol. The van der Waals surface area contributed by atoms with Crippen LogP contribution >= 0.6 is 0 Å². The van der Waals surface area contributed by atoms with Gasteiger partial charge in [-0.3, -0.25) is 4.68 Å². The number of rotatable bonds is 9. The van der Waals surface area contributed by atoms with Gasteiger partial charge >= 0.3 is 0 Å². The minimum atomic E-state index is 0.953. The van der Waals surface area contributed by atoms with Gasteiger partial charge in [-0.1, -0.05) is 39.0 Å². The van der Waals surface area contributed by atoms with E-state index in [-0.39, 0.29) is 0 Å². The fourth-order valence-electron chi connectivity index (χ4n) is 1.97. The molecule has 0 aliphatic rings. The molecule has 0 fully saturated rings. The molecule has 0 amide bonds. The van der Waals surface area contributed by atoms with E-state index in [9.17, 15) is 0 Å². The normalized spacial score (nSPS) is 11.0. The van der Waals surface area contributed by atoms with Crippen molar-refractivity contribution in [1.82, 2.24) is 15.1 Å². The fourth-order valence-corrected chi connectivity index (χ4v) is 1.97. The van der Waals surface area contributed by atoms with Crippen LogP contribution in [-0.2, 0) is 13.6 Å². The van der Waals surface area contributed by atoms with Crippen LogP contribution in [0, 0.1) is 6.92 Å². The molecule has 0 bridgehead atoms. The summed E-state index contributed by atoms with van der Waals surface area (Å²) in [6.07, 6.45) is 10.1. The standard InChI is InChI=1S/C14H27N3/c1-4-5-6-7-8-9-10-15-11-14-12-16-17(3)13(14)2/h12,15H,4-11H2,1-3H3. The van der Waals surface area contributed by atoms with Crippen molar-refractivity contribution in [2.75, 3.05) is 6.54 Å². The zero-order chi connectivity index (χ0) is 12.5. The number of hydrogen-bond acceptors (Lipinski definition) is 2. The molecule has 0 saturated heterocycles. The Bertz CT molecular complexity index is 304. The maximum Gasteiger partial charge on any atom is 0.0537 e. The number of aryl methyl sites for hydroxylation is 1. The SMILES string of the molecule is CCCCCCCCNCc1cnn(C)c1C.